The molecule has 1 saturated carbocycles. The maximum atomic E-state index is 12.7. The van der Waals surface area contributed by atoms with Gasteiger partial charge < -0.3 is 10.3 Å². The van der Waals surface area contributed by atoms with E-state index < -0.39 is 11.7 Å². The molecule has 1 aliphatic carbocycles. The summed E-state index contributed by atoms with van der Waals surface area (Å²) in [4.78, 5) is 4.15. The Morgan fingerprint density at radius 2 is 2.05 bits per heavy atom. The molecule has 0 spiro atoms. The number of hydrogen-bond acceptors (Lipinski definition) is 4. The largest absolute Gasteiger partial charge is 0.416 e. The zero-order valence-electron chi connectivity index (χ0n) is 11.2. The van der Waals surface area contributed by atoms with Crippen molar-refractivity contribution in [1.29, 1.82) is 0 Å². The van der Waals surface area contributed by atoms with Crippen LogP contribution >= 0.6 is 0 Å². The Hall–Kier alpha value is -1.89. The van der Waals surface area contributed by atoms with Gasteiger partial charge in [-0.25, -0.2) is 0 Å². The average molecular weight is 297 g/mol. The number of hydrogen-bond donors (Lipinski definition) is 1. The molecule has 112 valence electrons. The Kier molecular flexibility index (Phi) is 3.24. The van der Waals surface area contributed by atoms with Crippen LogP contribution in [0.25, 0.3) is 11.4 Å². The van der Waals surface area contributed by atoms with Crippen molar-refractivity contribution in [2.45, 2.75) is 37.4 Å². The minimum absolute atomic E-state index is 0.152. The predicted molar refractivity (Wildman–Crippen MR) is 69.2 cm³/mol. The van der Waals surface area contributed by atoms with Crippen LogP contribution in [0.15, 0.2) is 28.8 Å². The smallest absolute Gasteiger partial charge is 0.339 e. The van der Waals surface area contributed by atoms with E-state index >= 15 is 0 Å². The molecule has 1 aromatic heterocycles. The zero-order chi connectivity index (χ0) is 15.1. The van der Waals surface area contributed by atoms with Crippen LogP contribution in [0.4, 0.5) is 13.2 Å². The first-order chi connectivity index (χ1) is 9.86. The highest BCUT2D eigenvalue weighted by Gasteiger charge is 2.35. The van der Waals surface area contributed by atoms with Crippen molar-refractivity contribution in [3.05, 3.63) is 35.7 Å². The van der Waals surface area contributed by atoms with Crippen molar-refractivity contribution < 1.29 is 17.7 Å². The Morgan fingerprint density at radius 3 is 2.67 bits per heavy atom. The monoisotopic (exact) mass is 297 g/mol. The second-order valence-corrected chi connectivity index (χ2v) is 5.48. The van der Waals surface area contributed by atoms with Crippen LogP contribution in [-0.4, -0.2) is 15.7 Å². The van der Waals surface area contributed by atoms with Gasteiger partial charge in [-0.15, -0.1) is 0 Å². The lowest BCUT2D eigenvalue weighted by atomic mass is 9.75. The van der Waals surface area contributed by atoms with E-state index in [1.807, 2.05) is 0 Å². The third-order valence-corrected chi connectivity index (χ3v) is 3.77. The summed E-state index contributed by atoms with van der Waals surface area (Å²) in [5.41, 5.74) is 5.32. The molecule has 0 atom stereocenters. The highest BCUT2D eigenvalue weighted by molar-refractivity contribution is 5.55. The van der Waals surface area contributed by atoms with Gasteiger partial charge in [0.2, 0.25) is 11.7 Å². The van der Waals surface area contributed by atoms with Gasteiger partial charge in [0, 0.05) is 17.5 Å². The van der Waals surface area contributed by atoms with Crippen LogP contribution in [0.5, 0.6) is 0 Å². The van der Waals surface area contributed by atoms with Gasteiger partial charge in [-0.1, -0.05) is 17.3 Å². The average Bonchev–Trinajstić information content (AvgIpc) is 2.84. The summed E-state index contributed by atoms with van der Waals surface area (Å²) >= 11 is 0. The Bertz CT molecular complexity index is 647. The molecular formula is C14H14F3N3O. The van der Waals surface area contributed by atoms with Crippen LogP contribution in [-0.2, 0) is 12.6 Å². The van der Waals surface area contributed by atoms with Crippen molar-refractivity contribution in [3.8, 4) is 11.4 Å². The van der Waals surface area contributed by atoms with E-state index in [1.165, 1.54) is 12.1 Å². The number of rotatable bonds is 3. The van der Waals surface area contributed by atoms with Crippen molar-refractivity contribution >= 4 is 0 Å². The van der Waals surface area contributed by atoms with Crippen LogP contribution in [0.2, 0.25) is 0 Å². The number of halogens is 3. The Balaban J connectivity index is 1.83. The molecule has 4 nitrogen and oxygen atoms in total. The van der Waals surface area contributed by atoms with Crippen LogP contribution < -0.4 is 5.73 Å². The van der Waals surface area contributed by atoms with Gasteiger partial charge in [0.15, 0.2) is 0 Å². The molecule has 0 saturated heterocycles. The summed E-state index contributed by atoms with van der Waals surface area (Å²) < 4.78 is 43.1. The molecule has 0 unspecified atom stereocenters. The van der Waals surface area contributed by atoms with Crippen molar-refractivity contribution in [2.24, 2.45) is 5.73 Å². The fourth-order valence-electron chi connectivity index (χ4n) is 2.39. The molecular weight excluding hydrogens is 283 g/mol. The van der Waals surface area contributed by atoms with Gasteiger partial charge in [-0.3, -0.25) is 0 Å². The van der Waals surface area contributed by atoms with Gasteiger partial charge in [-0.05, 0) is 31.4 Å². The molecule has 0 aliphatic heterocycles. The molecule has 0 amide bonds. The highest BCUT2D eigenvalue weighted by atomic mass is 19.4. The Labute approximate surface area is 119 Å². The van der Waals surface area contributed by atoms with E-state index in [0.29, 0.717) is 12.3 Å². The summed E-state index contributed by atoms with van der Waals surface area (Å²) in [6, 6.07) is 4.86. The van der Waals surface area contributed by atoms with E-state index in [9.17, 15) is 13.2 Å². The third kappa shape index (κ3) is 2.92. The number of aromatic nitrogens is 2. The first kappa shape index (κ1) is 14.1. The predicted octanol–water partition coefficient (Wildman–Crippen LogP) is 3.18. The molecule has 3 rings (SSSR count). The first-order valence-corrected chi connectivity index (χ1v) is 6.65. The minimum Gasteiger partial charge on any atom is -0.339 e. The van der Waals surface area contributed by atoms with Crippen molar-refractivity contribution in [1.82, 2.24) is 10.1 Å². The van der Waals surface area contributed by atoms with E-state index in [1.54, 1.807) is 0 Å². The van der Waals surface area contributed by atoms with E-state index in [0.717, 1.165) is 31.4 Å². The van der Waals surface area contributed by atoms with Crippen LogP contribution in [0, 0.1) is 0 Å². The lowest BCUT2D eigenvalue weighted by Crippen LogP contribution is -2.48. The topological polar surface area (TPSA) is 64.9 Å². The second kappa shape index (κ2) is 4.84. The lowest BCUT2D eigenvalue weighted by Gasteiger charge is -2.36. The van der Waals surface area contributed by atoms with Crippen LogP contribution in [0.1, 0.15) is 30.7 Å². The molecule has 1 heterocycles. The van der Waals surface area contributed by atoms with E-state index in [2.05, 4.69) is 10.1 Å². The molecule has 0 bridgehead atoms. The molecule has 0 radical (unpaired) electrons. The summed E-state index contributed by atoms with van der Waals surface area (Å²) in [5.74, 6) is 0.517. The highest BCUT2D eigenvalue weighted by Crippen LogP contribution is 2.33. The van der Waals surface area contributed by atoms with E-state index in [-0.39, 0.29) is 16.9 Å². The SMILES string of the molecule is NC1(Cc2nc(-c3cccc(C(F)(F)F)c3)no2)CCC1. The molecule has 2 aromatic rings. The molecule has 7 heteroatoms. The quantitative estimate of drug-likeness (QED) is 0.945. The molecule has 2 N–H and O–H groups in total. The van der Waals surface area contributed by atoms with Crippen LogP contribution in [0.3, 0.4) is 0 Å². The molecule has 1 aromatic carbocycles. The maximum Gasteiger partial charge on any atom is 0.416 e. The van der Waals surface area contributed by atoms with Gasteiger partial charge in [-0.2, -0.15) is 18.2 Å². The first-order valence-electron chi connectivity index (χ1n) is 6.65. The minimum atomic E-state index is -4.39. The summed E-state index contributed by atoms with van der Waals surface area (Å²) in [7, 11) is 0. The normalized spacial score (nSPS) is 17.5. The lowest BCUT2D eigenvalue weighted by molar-refractivity contribution is -0.137. The zero-order valence-corrected chi connectivity index (χ0v) is 11.2. The fraction of sp³-hybridized carbons (Fsp3) is 0.429. The van der Waals surface area contributed by atoms with Gasteiger partial charge in [0.25, 0.3) is 0 Å². The van der Waals surface area contributed by atoms with Crippen molar-refractivity contribution in [3.63, 3.8) is 0 Å². The number of alkyl halides is 3. The van der Waals surface area contributed by atoms with Gasteiger partial charge >= 0.3 is 6.18 Å². The standard InChI is InChI=1S/C14H14F3N3O/c15-14(16,17)10-4-1-3-9(7-10)12-19-11(21-20-12)8-13(18)5-2-6-13/h1,3-4,7H,2,5-6,8,18H2. The van der Waals surface area contributed by atoms with Gasteiger partial charge in [0.1, 0.15) is 0 Å². The summed E-state index contributed by atoms with van der Waals surface area (Å²) in [6.07, 6.45) is -1.07. The Morgan fingerprint density at radius 1 is 1.29 bits per heavy atom. The number of nitrogens with zero attached hydrogens (tertiary/aromatic N) is 2. The summed E-state index contributed by atoms with van der Waals surface area (Å²) in [5, 5.41) is 3.74. The molecule has 1 fully saturated rings. The maximum absolute atomic E-state index is 12.7. The third-order valence-electron chi connectivity index (χ3n) is 3.77. The molecule has 21 heavy (non-hydrogen) atoms. The number of nitrogens with two attached hydrogens (primary N) is 1. The van der Waals surface area contributed by atoms with E-state index in [4.69, 9.17) is 10.3 Å². The number of benzene rings is 1. The summed E-state index contributed by atoms with van der Waals surface area (Å²) in [6.45, 7) is 0. The molecule has 1 aliphatic rings. The second-order valence-electron chi connectivity index (χ2n) is 5.48. The fourth-order valence-corrected chi connectivity index (χ4v) is 2.39. The van der Waals surface area contributed by atoms with Crippen molar-refractivity contribution in [2.75, 3.05) is 0 Å². The van der Waals surface area contributed by atoms with Gasteiger partial charge in [0.05, 0.1) is 5.56 Å².